The van der Waals surface area contributed by atoms with Crippen LogP contribution in [0.3, 0.4) is 0 Å². The third kappa shape index (κ3) is 15.1. The van der Waals surface area contributed by atoms with E-state index in [-0.39, 0.29) is 25.4 Å². The minimum absolute atomic E-state index is 0.0946. The van der Waals surface area contributed by atoms with Gasteiger partial charge in [0.05, 0.1) is 6.10 Å². The molecule has 2 heterocycles. The van der Waals surface area contributed by atoms with Crippen LogP contribution in [0.25, 0.3) is 0 Å². The molecule has 250 valence electrons. The van der Waals surface area contributed by atoms with Gasteiger partial charge in [-0.2, -0.15) is 0 Å². The van der Waals surface area contributed by atoms with Gasteiger partial charge in [0, 0.05) is 24.6 Å². The highest BCUT2D eigenvalue weighted by Crippen LogP contribution is 2.28. The number of aromatic amines is 1. The number of hydrogen-bond donors (Lipinski definition) is 2. The molecule has 0 spiro atoms. The average molecular weight is 625 g/mol. The van der Waals surface area contributed by atoms with E-state index in [1.165, 1.54) is 33.1 Å². The molecule has 0 aromatic carbocycles. The molecule has 0 saturated carbocycles. The second-order valence-corrected chi connectivity index (χ2v) is 12.8. The van der Waals surface area contributed by atoms with E-state index in [1.807, 2.05) is 6.92 Å². The predicted molar refractivity (Wildman–Crippen MR) is 182 cm³/mol. The maximum atomic E-state index is 12.3. The number of carbonyl (C=O) groups is 1. The summed E-state index contributed by atoms with van der Waals surface area (Å²) >= 11 is 0. The summed E-state index contributed by atoms with van der Waals surface area (Å²) in [6.45, 7) is 14.5. The average Bonchev–Trinajstić information content (AvgIpc) is 3.34. The zero-order chi connectivity index (χ0) is 33.4. The minimum Gasteiger partial charge on any atom is -0.463 e. The van der Waals surface area contributed by atoms with E-state index in [4.69, 9.17) is 9.47 Å². The lowest BCUT2D eigenvalue weighted by Crippen LogP contribution is -2.33. The zero-order valence-corrected chi connectivity index (χ0v) is 28.6. The molecule has 0 aliphatic carbocycles. The van der Waals surface area contributed by atoms with Crippen LogP contribution >= 0.6 is 0 Å². The molecule has 1 aliphatic rings. The van der Waals surface area contributed by atoms with Crippen LogP contribution in [0.5, 0.6) is 0 Å². The van der Waals surface area contributed by atoms with Gasteiger partial charge >= 0.3 is 11.7 Å². The Morgan fingerprint density at radius 3 is 1.91 bits per heavy atom. The van der Waals surface area contributed by atoms with Crippen molar-refractivity contribution >= 4 is 5.97 Å². The number of esters is 1. The van der Waals surface area contributed by atoms with Crippen molar-refractivity contribution in [2.24, 2.45) is 0 Å². The lowest BCUT2D eigenvalue weighted by atomic mass is 10.0. The van der Waals surface area contributed by atoms with Gasteiger partial charge in [0.15, 0.2) is 0 Å². The molecule has 1 fully saturated rings. The van der Waals surface area contributed by atoms with Gasteiger partial charge in [-0.3, -0.25) is 19.1 Å². The molecular weight excluding hydrogens is 568 g/mol. The molecule has 0 amide bonds. The number of hydrogen-bond acceptors (Lipinski definition) is 6. The topological polar surface area (TPSA) is 111 Å². The van der Waals surface area contributed by atoms with Crippen LogP contribution in [0.2, 0.25) is 0 Å². The number of H-pyrrole nitrogens is 1. The number of aryl methyl sites for hydroxylation is 1. The Bertz CT molecular complexity index is 1370. The van der Waals surface area contributed by atoms with Gasteiger partial charge in [-0.15, -0.1) is 0 Å². The molecular formula is C37H56N2O6. The van der Waals surface area contributed by atoms with E-state index in [0.29, 0.717) is 12.0 Å². The summed E-state index contributed by atoms with van der Waals surface area (Å²) in [7, 11) is 0. The maximum Gasteiger partial charge on any atom is 0.330 e. The van der Waals surface area contributed by atoms with Gasteiger partial charge in [-0.05, 0) is 106 Å². The van der Waals surface area contributed by atoms with E-state index >= 15 is 0 Å². The van der Waals surface area contributed by atoms with Crippen LogP contribution in [-0.2, 0) is 14.3 Å². The fourth-order valence-corrected chi connectivity index (χ4v) is 5.13. The largest absolute Gasteiger partial charge is 0.463 e. The van der Waals surface area contributed by atoms with Crippen molar-refractivity contribution in [1.29, 1.82) is 0 Å². The van der Waals surface area contributed by atoms with Crippen molar-refractivity contribution in [2.75, 3.05) is 6.61 Å². The van der Waals surface area contributed by atoms with E-state index in [9.17, 15) is 19.5 Å². The molecule has 0 radical (unpaired) electrons. The van der Waals surface area contributed by atoms with Crippen molar-refractivity contribution in [1.82, 2.24) is 9.55 Å². The molecule has 8 nitrogen and oxygen atoms in total. The molecule has 8 heteroatoms. The van der Waals surface area contributed by atoms with Gasteiger partial charge in [0.1, 0.15) is 18.9 Å². The number of aromatic nitrogens is 2. The lowest BCUT2D eigenvalue weighted by molar-refractivity contribution is -0.150. The van der Waals surface area contributed by atoms with Crippen molar-refractivity contribution in [3.63, 3.8) is 0 Å². The predicted octanol–water partition coefficient (Wildman–Crippen LogP) is 7.69. The molecule has 1 aliphatic heterocycles. The summed E-state index contributed by atoms with van der Waals surface area (Å²) in [4.78, 5) is 38.3. The molecule has 2 rings (SSSR count). The zero-order valence-electron chi connectivity index (χ0n) is 28.6. The van der Waals surface area contributed by atoms with Gasteiger partial charge in [-0.25, -0.2) is 4.79 Å². The number of aliphatic hydroxyl groups is 1. The molecule has 45 heavy (non-hydrogen) atoms. The second kappa shape index (κ2) is 20.0. The lowest BCUT2D eigenvalue weighted by Gasteiger charge is -2.16. The summed E-state index contributed by atoms with van der Waals surface area (Å²) in [5.74, 6) is -0.357. The van der Waals surface area contributed by atoms with E-state index < -0.39 is 29.7 Å². The van der Waals surface area contributed by atoms with Crippen LogP contribution in [0.4, 0.5) is 0 Å². The molecule has 0 bridgehead atoms. The fourth-order valence-electron chi connectivity index (χ4n) is 5.13. The molecule has 1 saturated heterocycles. The smallest absolute Gasteiger partial charge is 0.330 e. The first-order valence-corrected chi connectivity index (χ1v) is 16.4. The van der Waals surface area contributed by atoms with Crippen molar-refractivity contribution in [2.45, 2.75) is 138 Å². The first-order valence-electron chi connectivity index (χ1n) is 16.4. The SMILES string of the molecule is CC(C)=CCC/C(C)=C/CC/C(C)=C/CC/C=C(\C)CC/C=C(\C)CCC(=O)OC[C@H]1O[C@@H](n2cc(C)c(=O)[nH]c2=O)C[C@@H]1O. The molecule has 2 N–H and O–H groups in total. The number of rotatable bonds is 18. The van der Waals surface area contributed by atoms with E-state index in [1.54, 1.807) is 6.92 Å². The number of ether oxygens (including phenoxy) is 2. The third-order valence-electron chi connectivity index (χ3n) is 8.10. The van der Waals surface area contributed by atoms with Crippen molar-refractivity contribution < 1.29 is 19.4 Å². The normalized spacial score (nSPS) is 19.6. The number of nitrogens with zero attached hydrogens (tertiary/aromatic N) is 1. The van der Waals surface area contributed by atoms with Crippen LogP contribution in [0, 0.1) is 6.92 Å². The Labute approximate surface area is 269 Å². The highest BCUT2D eigenvalue weighted by Gasteiger charge is 2.36. The molecule has 0 unspecified atom stereocenters. The Hall–Kier alpha value is -3.23. The summed E-state index contributed by atoms with van der Waals surface area (Å²) in [6.07, 6.45) is 20.2. The van der Waals surface area contributed by atoms with Crippen LogP contribution in [0.15, 0.2) is 74.0 Å². The first kappa shape index (κ1) is 38.0. The van der Waals surface area contributed by atoms with Gasteiger partial charge < -0.3 is 14.6 Å². The molecule has 1 aromatic rings. The van der Waals surface area contributed by atoms with Crippen LogP contribution in [0.1, 0.15) is 124 Å². The van der Waals surface area contributed by atoms with Crippen molar-refractivity contribution in [3.8, 4) is 0 Å². The van der Waals surface area contributed by atoms with E-state index in [2.05, 4.69) is 70.0 Å². The number of aliphatic hydroxyl groups excluding tert-OH is 1. The Morgan fingerprint density at radius 1 is 0.844 bits per heavy atom. The monoisotopic (exact) mass is 624 g/mol. The minimum atomic E-state index is -0.890. The quantitative estimate of drug-likeness (QED) is 0.0984. The van der Waals surface area contributed by atoms with Gasteiger partial charge in [0.25, 0.3) is 5.56 Å². The van der Waals surface area contributed by atoms with Gasteiger partial charge in [0.2, 0.25) is 0 Å². The number of carbonyl (C=O) groups excluding carboxylic acids is 1. The Balaban J connectivity index is 1.62. The number of unbranched alkanes of at least 4 members (excludes halogenated alkanes) is 1. The summed E-state index contributed by atoms with van der Waals surface area (Å²) in [5, 5.41) is 10.4. The maximum absolute atomic E-state index is 12.3. The molecule has 3 atom stereocenters. The van der Waals surface area contributed by atoms with Crippen LogP contribution in [-0.4, -0.2) is 39.4 Å². The Kier molecular flexibility index (Phi) is 16.9. The summed E-state index contributed by atoms with van der Waals surface area (Å²) in [5.41, 5.74) is 6.16. The van der Waals surface area contributed by atoms with Crippen LogP contribution < -0.4 is 11.2 Å². The second-order valence-electron chi connectivity index (χ2n) is 12.8. The third-order valence-corrected chi connectivity index (χ3v) is 8.10. The van der Waals surface area contributed by atoms with Crippen molar-refractivity contribution in [3.05, 3.63) is 90.8 Å². The van der Waals surface area contributed by atoms with Gasteiger partial charge in [-0.1, -0.05) is 58.2 Å². The number of nitrogens with one attached hydrogen (secondary N) is 1. The summed E-state index contributed by atoms with van der Waals surface area (Å²) < 4.78 is 12.4. The highest BCUT2D eigenvalue weighted by atomic mass is 16.6. The number of allylic oxidation sites excluding steroid dienone is 10. The fraction of sp³-hybridized carbons (Fsp3) is 0.595. The van der Waals surface area contributed by atoms with E-state index in [0.717, 1.165) is 56.9 Å². The highest BCUT2D eigenvalue weighted by molar-refractivity contribution is 5.69. The molecule has 1 aromatic heterocycles. The Morgan fingerprint density at radius 2 is 1.36 bits per heavy atom. The first-order chi connectivity index (χ1) is 21.3. The summed E-state index contributed by atoms with van der Waals surface area (Å²) in [6, 6.07) is 0. The standard InChI is InChI=1S/C37H56N2O6/c1-26(2)13-10-16-29(5)19-11-17-27(3)14-8-9-15-28(4)18-12-20-30(6)21-22-35(41)44-25-33-32(40)23-34(45-33)39-24-31(7)36(42)38-37(39)43/h13-15,19-20,24,32-34,40H,8-12,16-18,21-23,25H2,1-7H3,(H,38,42,43)/b27-14+,28-15+,29-19+,30-20+/t32-,33+,34+/m0/s1.